The van der Waals surface area contributed by atoms with E-state index < -0.39 is 7.82 Å². The molecule has 0 saturated heterocycles. The minimum Gasteiger partial charge on any atom is -0.303 e. The van der Waals surface area contributed by atoms with Gasteiger partial charge in [-0.1, -0.05) is 154 Å². The predicted molar refractivity (Wildman–Crippen MR) is 152 cm³/mol. The normalized spacial score (nSPS) is 12.0. The van der Waals surface area contributed by atoms with Crippen LogP contribution in [0.3, 0.4) is 0 Å². The van der Waals surface area contributed by atoms with E-state index in [0.29, 0.717) is 0 Å². The summed E-state index contributed by atoms with van der Waals surface area (Å²) in [5.41, 5.74) is 0. The smallest absolute Gasteiger partial charge is 0.303 e. The maximum Gasteiger partial charge on any atom is 0.469 e. The van der Waals surface area contributed by atoms with Crippen LogP contribution in [0.25, 0.3) is 0 Å². The van der Waals surface area contributed by atoms with Crippen molar-refractivity contribution in [2.45, 2.75) is 167 Å². The van der Waals surface area contributed by atoms with Gasteiger partial charge in [0.25, 0.3) is 0 Å². The minimum absolute atomic E-state index is 0.169. The second kappa shape index (κ2) is 28.0. The molecule has 0 aliphatic heterocycles. The van der Waals surface area contributed by atoms with E-state index in [-0.39, 0.29) is 6.61 Å². The van der Waals surface area contributed by atoms with Gasteiger partial charge >= 0.3 is 7.82 Å². The first-order valence-electron chi connectivity index (χ1n) is 14.9. The number of hydrogen-bond acceptors (Lipinski definition) is 3. The molecule has 0 atom stereocenters. The summed E-state index contributed by atoms with van der Waals surface area (Å²) < 4.78 is 15.0. The highest BCUT2D eigenvalue weighted by molar-refractivity contribution is 7.80. The number of unbranched alkanes of at least 4 members (excludes halogenated alkanes) is 25. The van der Waals surface area contributed by atoms with Crippen LogP contribution in [0.15, 0.2) is 0 Å². The zero-order valence-corrected chi connectivity index (χ0v) is 24.2. The largest absolute Gasteiger partial charge is 0.469 e. The van der Waals surface area contributed by atoms with Crippen LogP contribution in [-0.4, -0.2) is 22.1 Å². The van der Waals surface area contributed by atoms with Gasteiger partial charge in [-0.05, 0) is 18.6 Å². The molecule has 0 aliphatic carbocycles. The molecule has 0 rings (SSSR count). The second-order valence-electron chi connectivity index (χ2n) is 10.2. The SMILES string of the molecule is O=P(O)(O)OCCCCCCCCCCCCCCCCCCCCCCCCCCCCS. The van der Waals surface area contributed by atoms with Crippen LogP contribution in [0.5, 0.6) is 0 Å². The van der Waals surface area contributed by atoms with Crippen LogP contribution in [0, 0.1) is 0 Å². The molecule has 0 unspecified atom stereocenters. The summed E-state index contributed by atoms with van der Waals surface area (Å²) in [5.74, 6) is 1.05. The fourth-order valence-electron chi connectivity index (χ4n) is 4.64. The summed E-state index contributed by atoms with van der Waals surface area (Å²) >= 11 is 4.27. The lowest BCUT2D eigenvalue weighted by molar-refractivity contribution is 0.193. The summed E-state index contributed by atoms with van der Waals surface area (Å²) in [7, 11) is -4.27. The molecule has 0 aromatic rings. The summed E-state index contributed by atoms with van der Waals surface area (Å²) in [6, 6.07) is 0. The van der Waals surface area contributed by atoms with Crippen LogP contribution in [0.4, 0.5) is 0 Å². The fraction of sp³-hybridized carbons (Fsp3) is 1.00. The Labute approximate surface area is 218 Å². The van der Waals surface area contributed by atoms with Crippen molar-refractivity contribution >= 4 is 20.5 Å². The highest BCUT2D eigenvalue weighted by Crippen LogP contribution is 2.35. The van der Waals surface area contributed by atoms with Crippen molar-refractivity contribution in [3.8, 4) is 0 Å². The van der Waals surface area contributed by atoms with Crippen LogP contribution in [0.2, 0.25) is 0 Å². The Hall–Kier alpha value is 0.460. The Kier molecular flexibility index (Phi) is 28.4. The van der Waals surface area contributed by atoms with Crippen molar-refractivity contribution in [1.82, 2.24) is 0 Å². The fourth-order valence-corrected chi connectivity index (χ4v) is 5.23. The third-order valence-corrected chi connectivity index (χ3v) is 7.65. The lowest BCUT2D eigenvalue weighted by Gasteiger charge is -2.05. The predicted octanol–water partition coefficient (Wildman–Crippen LogP) is 10.2. The van der Waals surface area contributed by atoms with E-state index in [1.54, 1.807) is 0 Å². The molecule has 4 nitrogen and oxygen atoms in total. The molecular weight excluding hydrogens is 463 g/mol. The first-order valence-corrected chi connectivity index (χ1v) is 17.0. The molecule has 0 aliphatic rings. The topological polar surface area (TPSA) is 66.8 Å². The maximum atomic E-state index is 10.5. The zero-order valence-electron chi connectivity index (χ0n) is 22.4. The number of rotatable bonds is 29. The molecule has 0 radical (unpaired) electrons. The van der Waals surface area contributed by atoms with Gasteiger partial charge < -0.3 is 9.79 Å². The van der Waals surface area contributed by atoms with Gasteiger partial charge in [0.2, 0.25) is 0 Å². The Balaban J connectivity index is 3.03. The molecule has 34 heavy (non-hydrogen) atoms. The van der Waals surface area contributed by atoms with E-state index in [2.05, 4.69) is 17.2 Å². The van der Waals surface area contributed by atoms with E-state index >= 15 is 0 Å². The van der Waals surface area contributed by atoms with E-state index in [1.165, 1.54) is 148 Å². The monoisotopic (exact) mass is 522 g/mol. The molecule has 6 heteroatoms. The molecule has 0 aromatic heterocycles. The van der Waals surface area contributed by atoms with Crippen LogP contribution < -0.4 is 0 Å². The molecule has 206 valence electrons. The Bertz CT molecular complexity index is 431. The van der Waals surface area contributed by atoms with E-state index in [1.807, 2.05) is 0 Å². The molecule has 0 amide bonds. The van der Waals surface area contributed by atoms with Gasteiger partial charge in [0.15, 0.2) is 0 Å². The third kappa shape index (κ3) is 32.5. The Morgan fingerprint density at radius 3 is 0.824 bits per heavy atom. The van der Waals surface area contributed by atoms with Gasteiger partial charge in [0.1, 0.15) is 0 Å². The molecule has 0 bridgehead atoms. The van der Waals surface area contributed by atoms with Gasteiger partial charge in [-0.25, -0.2) is 4.57 Å². The number of phosphoric ester groups is 1. The zero-order chi connectivity index (χ0) is 25.0. The average molecular weight is 523 g/mol. The Morgan fingerprint density at radius 2 is 0.618 bits per heavy atom. The van der Waals surface area contributed by atoms with Crippen molar-refractivity contribution < 1.29 is 18.9 Å². The first kappa shape index (κ1) is 34.5. The molecule has 0 saturated carbocycles. The molecular formula is C28H59O4PS. The number of thiol groups is 1. The first-order chi connectivity index (χ1) is 16.6. The summed E-state index contributed by atoms with van der Waals surface area (Å²) in [6.45, 7) is 0.169. The van der Waals surface area contributed by atoms with Gasteiger partial charge in [-0.3, -0.25) is 4.52 Å². The number of phosphoric acid groups is 1. The highest BCUT2D eigenvalue weighted by atomic mass is 32.1. The minimum atomic E-state index is -4.27. The van der Waals surface area contributed by atoms with Crippen molar-refractivity contribution in [3.05, 3.63) is 0 Å². The van der Waals surface area contributed by atoms with E-state index in [4.69, 9.17) is 9.79 Å². The van der Waals surface area contributed by atoms with E-state index in [9.17, 15) is 4.57 Å². The molecule has 0 fully saturated rings. The Morgan fingerprint density at radius 1 is 0.412 bits per heavy atom. The van der Waals surface area contributed by atoms with Crippen molar-refractivity contribution in [2.24, 2.45) is 0 Å². The van der Waals surface area contributed by atoms with Gasteiger partial charge in [0.05, 0.1) is 6.61 Å². The quantitative estimate of drug-likeness (QED) is 0.0519. The van der Waals surface area contributed by atoms with Crippen molar-refractivity contribution in [2.75, 3.05) is 12.4 Å². The lowest BCUT2D eigenvalue weighted by Crippen LogP contribution is -1.92. The van der Waals surface area contributed by atoms with E-state index in [0.717, 1.165) is 25.0 Å². The second-order valence-corrected chi connectivity index (χ2v) is 11.9. The molecule has 0 spiro atoms. The average Bonchev–Trinajstić information content (AvgIpc) is 2.80. The lowest BCUT2D eigenvalue weighted by atomic mass is 10.0. The van der Waals surface area contributed by atoms with Crippen LogP contribution in [-0.2, 0) is 9.09 Å². The van der Waals surface area contributed by atoms with Gasteiger partial charge in [-0.15, -0.1) is 0 Å². The van der Waals surface area contributed by atoms with Gasteiger partial charge in [-0.2, -0.15) is 12.6 Å². The standard InChI is InChI=1S/C28H59O4PS/c29-33(30,31)32-27-25-23-21-19-17-15-13-11-9-7-5-3-1-2-4-6-8-10-12-14-16-18-20-22-24-26-28-34/h34H,1-28H2,(H2,29,30,31). The summed E-state index contributed by atoms with van der Waals surface area (Å²) in [4.78, 5) is 17.2. The maximum absolute atomic E-state index is 10.5. The molecule has 2 N–H and O–H groups in total. The highest BCUT2D eigenvalue weighted by Gasteiger charge is 2.12. The van der Waals surface area contributed by atoms with Crippen molar-refractivity contribution in [3.63, 3.8) is 0 Å². The van der Waals surface area contributed by atoms with Crippen LogP contribution in [0.1, 0.15) is 167 Å². The van der Waals surface area contributed by atoms with Gasteiger partial charge in [0, 0.05) is 0 Å². The third-order valence-electron chi connectivity index (χ3n) is 6.81. The van der Waals surface area contributed by atoms with Crippen molar-refractivity contribution in [1.29, 1.82) is 0 Å². The summed E-state index contributed by atoms with van der Waals surface area (Å²) in [6.07, 6.45) is 35.1. The number of hydrogen-bond donors (Lipinski definition) is 3. The van der Waals surface area contributed by atoms with Crippen LogP contribution >= 0.6 is 20.5 Å². The molecule has 0 heterocycles. The molecule has 0 aromatic carbocycles. The summed E-state index contributed by atoms with van der Waals surface area (Å²) in [5, 5.41) is 0.